The first kappa shape index (κ1) is 11.4. The van der Waals surface area contributed by atoms with E-state index in [9.17, 15) is 0 Å². The molecule has 0 aliphatic rings. The third-order valence-electron chi connectivity index (χ3n) is 2.50. The maximum absolute atomic E-state index is 4.31. The summed E-state index contributed by atoms with van der Waals surface area (Å²) < 4.78 is 1.09. The Morgan fingerprint density at radius 2 is 2.00 bits per heavy atom. The van der Waals surface area contributed by atoms with Gasteiger partial charge in [-0.3, -0.25) is 5.10 Å². The zero-order chi connectivity index (χ0) is 11.5. The van der Waals surface area contributed by atoms with E-state index in [1.807, 2.05) is 26.1 Å². The second-order valence-corrected chi connectivity index (χ2v) is 4.62. The van der Waals surface area contributed by atoms with Crippen LogP contribution in [0.2, 0.25) is 0 Å². The van der Waals surface area contributed by atoms with Crippen LogP contribution in [0, 0.1) is 6.92 Å². The summed E-state index contributed by atoms with van der Waals surface area (Å²) in [5.41, 5.74) is 4.55. The van der Waals surface area contributed by atoms with Crippen molar-refractivity contribution in [1.82, 2.24) is 15.5 Å². The van der Waals surface area contributed by atoms with E-state index >= 15 is 0 Å². The van der Waals surface area contributed by atoms with Crippen molar-refractivity contribution in [2.75, 3.05) is 7.05 Å². The van der Waals surface area contributed by atoms with Crippen LogP contribution in [0.4, 0.5) is 0 Å². The van der Waals surface area contributed by atoms with Crippen molar-refractivity contribution < 1.29 is 0 Å². The highest BCUT2D eigenvalue weighted by molar-refractivity contribution is 9.10. The van der Waals surface area contributed by atoms with Gasteiger partial charge in [-0.05, 0) is 31.7 Å². The molecule has 4 heteroatoms. The van der Waals surface area contributed by atoms with E-state index in [4.69, 9.17) is 0 Å². The Morgan fingerprint density at radius 1 is 1.31 bits per heavy atom. The van der Waals surface area contributed by atoms with E-state index in [1.54, 1.807) is 0 Å². The molecule has 1 aromatic carbocycles. The van der Waals surface area contributed by atoms with Gasteiger partial charge in [0.15, 0.2) is 0 Å². The molecular formula is C12H14BrN3. The minimum atomic E-state index is 0.774. The van der Waals surface area contributed by atoms with E-state index in [0.717, 1.165) is 22.4 Å². The average Bonchev–Trinajstić information content (AvgIpc) is 2.62. The van der Waals surface area contributed by atoms with Crippen molar-refractivity contribution >= 4 is 15.9 Å². The van der Waals surface area contributed by atoms with Crippen LogP contribution in [0.25, 0.3) is 11.1 Å². The van der Waals surface area contributed by atoms with Gasteiger partial charge in [0, 0.05) is 22.3 Å². The largest absolute Gasteiger partial charge is 0.314 e. The highest BCUT2D eigenvalue weighted by Gasteiger charge is 2.11. The van der Waals surface area contributed by atoms with Crippen molar-refractivity contribution in [3.05, 3.63) is 40.1 Å². The Morgan fingerprint density at radius 3 is 2.62 bits per heavy atom. The Balaban J connectivity index is 2.45. The van der Waals surface area contributed by atoms with E-state index in [-0.39, 0.29) is 0 Å². The van der Waals surface area contributed by atoms with E-state index in [0.29, 0.717) is 0 Å². The predicted molar refractivity (Wildman–Crippen MR) is 69.2 cm³/mol. The quantitative estimate of drug-likeness (QED) is 0.907. The SMILES string of the molecule is CNCc1n[nH]c(C)c1-c1ccc(Br)cc1. The molecule has 1 heterocycles. The zero-order valence-corrected chi connectivity index (χ0v) is 10.9. The van der Waals surface area contributed by atoms with E-state index in [1.165, 1.54) is 11.1 Å². The fourth-order valence-electron chi connectivity index (χ4n) is 1.77. The number of hydrogen-bond acceptors (Lipinski definition) is 2. The summed E-state index contributed by atoms with van der Waals surface area (Å²) in [4.78, 5) is 0. The predicted octanol–water partition coefficient (Wildman–Crippen LogP) is 2.87. The van der Waals surface area contributed by atoms with Crippen LogP contribution in [0.3, 0.4) is 0 Å². The summed E-state index contributed by atoms with van der Waals surface area (Å²) in [6.45, 7) is 2.82. The molecule has 0 saturated heterocycles. The van der Waals surface area contributed by atoms with Crippen LogP contribution in [0.1, 0.15) is 11.4 Å². The van der Waals surface area contributed by atoms with Gasteiger partial charge in [-0.1, -0.05) is 28.1 Å². The Hall–Kier alpha value is -1.13. The lowest BCUT2D eigenvalue weighted by molar-refractivity contribution is 0.785. The first-order valence-corrected chi connectivity index (χ1v) is 5.96. The molecule has 0 radical (unpaired) electrons. The third-order valence-corrected chi connectivity index (χ3v) is 3.03. The zero-order valence-electron chi connectivity index (χ0n) is 9.34. The third kappa shape index (κ3) is 2.18. The molecule has 0 spiro atoms. The van der Waals surface area contributed by atoms with E-state index in [2.05, 4.69) is 43.6 Å². The molecule has 0 amide bonds. The molecule has 0 atom stereocenters. The molecule has 0 saturated carbocycles. The number of H-pyrrole nitrogens is 1. The van der Waals surface area contributed by atoms with Gasteiger partial charge >= 0.3 is 0 Å². The highest BCUT2D eigenvalue weighted by atomic mass is 79.9. The topological polar surface area (TPSA) is 40.7 Å². The van der Waals surface area contributed by atoms with E-state index < -0.39 is 0 Å². The molecule has 0 fully saturated rings. The number of halogens is 1. The minimum Gasteiger partial charge on any atom is -0.314 e. The normalized spacial score (nSPS) is 10.7. The van der Waals surface area contributed by atoms with Gasteiger partial charge in [0.25, 0.3) is 0 Å². The summed E-state index contributed by atoms with van der Waals surface area (Å²) in [7, 11) is 1.93. The number of aromatic amines is 1. The maximum atomic E-state index is 4.31. The summed E-state index contributed by atoms with van der Waals surface area (Å²) in [5, 5.41) is 10.5. The first-order valence-electron chi connectivity index (χ1n) is 5.16. The highest BCUT2D eigenvalue weighted by Crippen LogP contribution is 2.26. The molecule has 2 aromatic rings. The second-order valence-electron chi connectivity index (χ2n) is 3.71. The lowest BCUT2D eigenvalue weighted by Gasteiger charge is -2.04. The van der Waals surface area contributed by atoms with Crippen LogP contribution < -0.4 is 5.32 Å². The number of rotatable bonds is 3. The summed E-state index contributed by atoms with van der Waals surface area (Å²) in [6.07, 6.45) is 0. The van der Waals surface area contributed by atoms with Gasteiger partial charge in [0.1, 0.15) is 0 Å². The maximum Gasteiger partial charge on any atom is 0.0840 e. The lowest BCUT2D eigenvalue weighted by Crippen LogP contribution is -2.06. The molecule has 16 heavy (non-hydrogen) atoms. The molecule has 0 unspecified atom stereocenters. The molecule has 3 nitrogen and oxygen atoms in total. The summed E-state index contributed by atoms with van der Waals surface area (Å²) in [6, 6.07) is 8.29. The second kappa shape index (κ2) is 4.80. The monoisotopic (exact) mass is 279 g/mol. The molecular weight excluding hydrogens is 266 g/mol. The molecule has 0 bridgehead atoms. The van der Waals surface area contributed by atoms with Gasteiger partial charge in [-0.25, -0.2) is 0 Å². The minimum absolute atomic E-state index is 0.774. The van der Waals surface area contributed by atoms with Crippen LogP contribution in [-0.4, -0.2) is 17.2 Å². The fourth-order valence-corrected chi connectivity index (χ4v) is 2.04. The van der Waals surface area contributed by atoms with Gasteiger partial charge in [-0.2, -0.15) is 5.10 Å². The van der Waals surface area contributed by atoms with Crippen molar-refractivity contribution in [2.45, 2.75) is 13.5 Å². The van der Waals surface area contributed by atoms with Gasteiger partial charge in [0.2, 0.25) is 0 Å². The molecule has 1 aromatic heterocycles. The molecule has 0 aliphatic carbocycles. The number of hydrogen-bond donors (Lipinski definition) is 2. The summed E-state index contributed by atoms with van der Waals surface area (Å²) in [5.74, 6) is 0. The van der Waals surface area contributed by atoms with Gasteiger partial charge in [0.05, 0.1) is 5.69 Å². The Kier molecular flexibility index (Phi) is 3.41. The number of benzene rings is 1. The van der Waals surface area contributed by atoms with Crippen molar-refractivity contribution in [3.8, 4) is 11.1 Å². The molecule has 0 aliphatic heterocycles. The molecule has 2 rings (SSSR count). The Labute approximate surface area is 103 Å². The van der Waals surface area contributed by atoms with Crippen LogP contribution in [-0.2, 0) is 6.54 Å². The first-order chi connectivity index (χ1) is 7.72. The Bertz CT molecular complexity index is 474. The van der Waals surface area contributed by atoms with Gasteiger partial charge < -0.3 is 5.32 Å². The fraction of sp³-hybridized carbons (Fsp3) is 0.250. The molecule has 2 N–H and O–H groups in total. The lowest BCUT2D eigenvalue weighted by atomic mass is 10.0. The number of aryl methyl sites for hydroxylation is 1. The number of nitrogens with one attached hydrogen (secondary N) is 2. The number of aromatic nitrogens is 2. The van der Waals surface area contributed by atoms with Crippen molar-refractivity contribution in [1.29, 1.82) is 0 Å². The smallest absolute Gasteiger partial charge is 0.0840 e. The van der Waals surface area contributed by atoms with Crippen molar-refractivity contribution in [2.24, 2.45) is 0 Å². The van der Waals surface area contributed by atoms with Crippen LogP contribution in [0.15, 0.2) is 28.7 Å². The van der Waals surface area contributed by atoms with Crippen LogP contribution in [0.5, 0.6) is 0 Å². The van der Waals surface area contributed by atoms with Crippen LogP contribution >= 0.6 is 15.9 Å². The number of nitrogens with zero attached hydrogens (tertiary/aromatic N) is 1. The average molecular weight is 280 g/mol. The standard InChI is InChI=1S/C12H14BrN3/c1-8-12(11(7-14-2)16-15-8)9-3-5-10(13)6-4-9/h3-6,14H,7H2,1-2H3,(H,15,16). The van der Waals surface area contributed by atoms with Crippen molar-refractivity contribution in [3.63, 3.8) is 0 Å². The summed E-state index contributed by atoms with van der Waals surface area (Å²) >= 11 is 3.44. The molecule has 84 valence electrons. The van der Waals surface area contributed by atoms with Gasteiger partial charge in [-0.15, -0.1) is 0 Å².